The first kappa shape index (κ1) is 32.1. The van der Waals surface area contributed by atoms with Crippen molar-refractivity contribution >= 4 is 18.0 Å². The lowest BCUT2D eigenvalue weighted by molar-refractivity contribution is -0.143. The molecule has 2 amide bonds. The van der Waals surface area contributed by atoms with Gasteiger partial charge in [-0.1, -0.05) is 78.3 Å². The number of nitrogens with one attached hydrogen (secondary N) is 2. The second-order valence-corrected chi connectivity index (χ2v) is 10.6. The third-order valence-electron chi connectivity index (χ3n) is 7.67. The molecule has 0 fully saturated rings. The Morgan fingerprint density at radius 2 is 1.57 bits per heavy atom. The summed E-state index contributed by atoms with van der Waals surface area (Å²) >= 11 is 0. The summed E-state index contributed by atoms with van der Waals surface area (Å²) < 4.78 is 10.5. The van der Waals surface area contributed by atoms with Gasteiger partial charge in [-0.3, -0.25) is 9.59 Å². The monoisotopic (exact) mass is 597 g/mol. The van der Waals surface area contributed by atoms with Crippen molar-refractivity contribution in [3.05, 3.63) is 105 Å². The van der Waals surface area contributed by atoms with Crippen molar-refractivity contribution < 1.29 is 23.9 Å². The first-order chi connectivity index (χ1) is 21.5. The molecule has 0 spiro atoms. The van der Waals surface area contributed by atoms with Gasteiger partial charge in [0.25, 0.3) is 0 Å². The Morgan fingerprint density at radius 1 is 0.864 bits per heavy atom. The maximum Gasteiger partial charge on any atom is 0.407 e. The van der Waals surface area contributed by atoms with Crippen LogP contribution in [0.2, 0.25) is 0 Å². The summed E-state index contributed by atoms with van der Waals surface area (Å²) in [6, 6.07) is 22.2. The number of nitrogens with zero attached hydrogens (tertiary/aromatic N) is 3. The minimum Gasteiger partial charge on any atom is -0.466 e. The number of fused-ring (bicyclic) bond motifs is 3. The van der Waals surface area contributed by atoms with Crippen LogP contribution in [0.15, 0.2) is 71.8 Å². The van der Waals surface area contributed by atoms with Gasteiger partial charge in [-0.25, -0.2) is 4.79 Å². The third kappa shape index (κ3) is 9.09. The van der Waals surface area contributed by atoms with E-state index < -0.39 is 6.09 Å². The molecule has 0 saturated carbocycles. The number of esters is 1. The lowest BCUT2D eigenvalue weighted by Crippen LogP contribution is -2.28. The summed E-state index contributed by atoms with van der Waals surface area (Å²) in [7, 11) is 0. The Labute approximate surface area is 257 Å². The van der Waals surface area contributed by atoms with E-state index in [-0.39, 0.29) is 30.9 Å². The van der Waals surface area contributed by atoms with Gasteiger partial charge < -0.3 is 20.1 Å². The molecular formula is C34H39N5O5. The van der Waals surface area contributed by atoms with Crippen molar-refractivity contribution in [1.29, 1.82) is 0 Å². The molecular weight excluding hydrogens is 558 g/mol. The SMILES string of the molecule is CCOC(=O)CCCCCC(=O)NCc1ccc(CCNC(=O)OCC2c3ccccc3-c3ccccc32)cc1CN=[N+]=[N-]. The Kier molecular flexibility index (Phi) is 12.2. The lowest BCUT2D eigenvalue weighted by atomic mass is 9.98. The molecule has 0 aromatic heterocycles. The lowest BCUT2D eigenvalue weighted by Gasteiger charge is -2.15. The van der Waals surface area contributed by atoms with E-state index >= 15 is 0 Å². The summed E-state index contributed by atoms with van der Waals surface area (Å²) in [5.41, 5.74) is 16.2. The molecule has 0 bridgehead atoms. The van der Waals surface area contributed by atoms with E-state index in [2.05, 4.69) is 44.9 Å². The summed E-state index contributed by atoms with van der Waals surface area (Å²) in [5, 5.41) is 9.47. The molecule has 1 aliphatic rings. The second-order valence-electron chi connectivity index (χ2n) is 10.6. The second kappa shape index (κ2) is 16.7. The number of rotatable bonds is 16. The average molecular weight is 598 g/mol. The molecule has 10 heteroatoms. The van der Waals surface area contributed by atoms with E-state index in [0.29, 0.717) is 51.8 Å². The highest BCUT2D eigenvalue weighted by molar-refractivity contribution is 5.79. The quantitative estimate of drug-likeness (QED) is 0.0620. The highest BCUT2D eigenvalue weighted by atomic mass is 16.5. The Bertz CT molecular complexity index is 1460. The predicted molar refractivity (Wildman–Crippen MR) is 168 cm³/mol. The minimum atomic E-state index is -0.471. The summed E-state index contributed by atoms with van der Waals surface area (Å²) in [6.07, 6.45) is 2.98. The average Bonchev–Trinajstić information content (AvgIpc) is 3.35. The van der Waals surface area contributed by atoms with E-state index in [4.69, 9.17) is 15.0 Å². The van der Waals surface area contributed by atoms with Gasteiger partial charge in [-0.2, -0.15) is 0 Å². The molecule has 44 heavy (non-hydrogen) atoms. The van der Waals surface area contributed by atoms with E-state index in [1.54, 1.807) is 6.92 Å². The van der Waals surface area contributed by atoms with Crippen LogP contribution in [0.4, 0.5) is 4.79 Å². The van der Waals surface area contributed by atoms with Crippen LogP contribution in [-0.2, 0) is 38.6 Å². The number of hydrogen-bond donors (Lipinski definition) is 2. The number of ether oxygens (including phenoxy) is 2. The fourth-order valence-corrected chi connectivity index (χ4v) is 5.47. The van der Waals surface area contributed by atoms with Crippen molar-refractivity contribution in [2.24, 2.45) is 5.11 Å². The Hall–Kier alpha value is -4.82. The number of amides is 2. The first-order valence-electron chi connectivity index (χ1n) is 15.1. The van der Waals surface area contributed by atoms with Crippen molar-refractivity contribution in [2.75, 3.05) is 19.8 Å². The standard InChI is InChI=1S/C34H39N5O5/c1-2-43-33(41)15-5-3-4-14-32(40)37-21-25-17-16-24(20-26(25)22-38-39-35)18-19-36-34(42)44-23-31-29-12-8-6-10-27(29)28-11-7-9-13-30(28)31/h6-13,16-17,20,31H,2-5,14-15,18-19,21-23H2,1H3,(H,36,42)(H,37,40). The van der Waals surface area contributed by atoms with E-state index in [0.717, 1.165) is 34.2 Å². The molecule has 4 rings (SSSR count). The number of unbranched alkanes of at least 4 members (excludes halogenated alkanes) is 2. The molecule has 2 N–H and O–H groups in total. The van der Waals surface area contributed by atoms with Gasteiger partial charge >= 0.3 is 12.1 Å². The van der Waals surface area contributed by atoms with Crippen LogP contribution in [0, 0.1) is 0 Å². The smallest absolute Gasteiger partial charge is 0.407 e. The summed E-state index contributed by atoms with van der Waals surface area (Å²) in [6.45, 7) is 3.26. The summed E-state index contributed by atoms with van der Waals surface area (Å²) in [5.74, 6) is -0.283. The minimum absolute atomic E-state index is 0.000701. The zero-order valence-corrected chi connectivity index (χ0v) is 25.1. The zero-order valence-electron chi connectivity index (χ0n) is 25.1. The van der Waals surface area contributed by atoms with Gasteiger partial charge in [0, 0.05) is 36.8 Å². The van der Waals surface area contributed by atoms with E-state index in [1.165, 1.54) is 11.1 Å². The largest absolute Gasteiger partial charge is 0.466 e. The number of benzene rings is 3. The maximum atomic E-state index is 12.5. The van der Waals surface area contributed by atoms with Gasteiger partial charge in [-0.15, -0.1) is 0 Å². The normalized spacial score (nSPS) is 11.6. The van der Waals surface area contributed by atoms with Crippen LogP contribution in [0.3, 0.4) is 0 Å². The molecule has 0 heterocycles. The molecule has 0 unspecified atom stereocenters. The molecule has 3 aromatic rings. The molecule has 3 aromatic carbocycles. The van der Waals surface area contributed by atoms with E-state index in [1.807, 2.05) is 42.5 Å². The van der Waals surface area contributed by atoms with Crippen LogP contribution in [-0.4, -0.2) is 37.7 Å². The fraction of sp³-hybridized carbons (Fsp3) is 0.382. The zero-order chi connectivity index (χ0) is 31.1. The van der Waals surface area contributed by atoms with Gasteiger partial charge in [0.2, 0.25) is 5.91 Å². The molecule has 230 valence electrons. The number of carbonyl (C=O) groups is 3. The Morgan fingerprint density at radius 3 is 2.27 bits per heavy atom. The number of hydrogen-bond acceptors (Lipinski definition) is 6. The highest BCUT2D eigenvalue weighted by Gasteiger charge is 2.28. The topological polar surface area (TPSA) is 142 Å². The number of carbonyl (C=O) groups excluding carboxylic acids is 3. The van der Waals surface area contributed by atoms with Crippen LogP contribution >= 0.6 is 0 Å². The fourth-order valence-electron chi connectivity index (χ4n) is 5.47. The van der Waals surface area contributed by atoms with Crippen LogP contribution in [0.5, 0.6) is 0 Å². The molecule has 1 aliphatic carbocycles. The van der Waals surface area contributed by atoms with Gasteiger partial charge in [0.1, 0.15) is 6.61 Å². The van der Waals surface area contributed by atoms with Crippen LogP contribution in [0.25, 0.3) is 21.6 Å². The van der Waals surface area contributed by atoms with Gasteiger partial charge in [0.05, 0.1) is 13.2 Å². The summed E-state index contributed by atoms with van der Waals surface area (Å²) in [4.78, 5) is 39.2. The van der Waals surface area contributed by atoms with Crippen molar-refractivity contribution in [2.45, 2.75) is 64.5 Å². The maximum absolute atomic E-state index is 12.5. The molecule has 0 saturated heterocycles. The van der Waals surface area contributed by atoms with Crippen molar-refractivity contribution in [3.63, 3.8) is 0 Å². The van der Waals surface area contributed by atoms with Crippen LogP contribution < -0.4 is 10.6 Å². The van der Waals surface area contributed by atoms with Crippen LogP contribution in [0.1, 0.15) is 72.8 Å². The number of alkyl carbamates (subject to hydrolysis) is 1. The van der Waals surface area contributed by atoms with Crippen molar-refractivity contribution in [3.8, 4) is 11.1 Å². The van der Waals surface area contributed by atoms with E-state index in [9.17, 15) is 14.4 Å². The molecule has 0 radical (unpaired) electrons. The molecule has 10 nitrogen and oxygen atoms in total. The first-order valence-corrected chi connectivity index (χ1v) is 15.1. The third-order valence-corrected chi connectivity index (χ3v) is 7.67. The van der Waals surface area contributed by atoms with Gasteiger partial charge in [0.15, 0.2) is 0 Å². The Balaban J connectivity index is 1.22. The molecule has 0 aliphatic heterocycles. The van der Waals surface area contributed by atoms with Crippen molar-refractivity contribution in [1.82, 2.24) is 10.6 Å². The highest BCUT2D eigenvalue weighted by Crippen LogP contribution is 2.44. The molecule has 0 atom stereocenters. The van der Waals surface area contributed by atoms with Gasteiger partial charge in [-0.05, 0) is 70.7 Å². The predicted octanol–water partition coefficient (Wildman–Crippen LogP) is 6.71. The number of azide groups is 1.